The summed E-state index contributed by atoms with van der Waals surface area (Å²) in [6.45, 7) is 11.5. The fourth-order valence-electron chi connectivity index (χ4n) is 4.04. The van der Waals surface area contributed by atoms with Crippen LogP contribution >= 0.6 is 7.60 Å². The zero-order valence-corrected chi connectivity index (χ0v) is 19.9. The fourth-order valence-corrected chi connectivity index (χ4v) is 6.92. The highest BCUT2D eigenvalue weighted by Crippen LogP contribution is 2.68. The molecule has 4 aromatic rings. The molecule has 0 radical (unpaired) electrons. The van der Waals surface area contributed by atoms with Gasteiger partial charge >= 0.3 is 7.60 Å². The summed E-state index contributed by atoms with van der Waals surface area (Å²) in [5.74, 6) is 0. The molecule has 0 aliphatic carbocycles. The van der Waals surface area contributed by atoms with E-state index < -0.39 is 24.5 Å². The molecule has 0 unspecified atom stereocenters. The number of aromatic amines is 2. The van der Waals surface area contributed by atoms with Gasteiger partial charge in [-0.05, 0) is 64.8 Å². The average Bonchev–Trinajstić information content (AvgIpc) is 3.24. The molecule has 0 saturated carbocycles. The van der Waals surface area contributed by atoms with Crippen molar-refractivity contribution in [3.05, 3.63) is 72.1 Å². The summed E-state index contributed by atoms with van der Waals surface area (Å²) >= 11 is 0. The number of para-hydroxylation sites is 2. The molecular formula is C25H31N2O3P. The van der Waals surface area contributed by atoms with Gasteiger partial charge in [0.2, 0.25) is 0 Å². The molecular weight excluding hydrogens is 407 g/mol. The average molecular weight is 439 g/mol. The molecule has 4 rings (SSSR count). The molecule has 0 aliphatic heterocycles. The minimum atomic E-state index is -3.70. The Morgan fingerprint density at radius 1 is 0.710 bits per heavy atom. The first-order chi connectivity index (χ1) is 14.5. The van der Waals surface area contributed by atoms with E-state index >= 15 is 0 Å². The summed E-state index contributed by atoms with van der Waals surface area (Å²) in [5.41, 5.74) is 1.86. The third-order valence-corrected chi connectivity index (χ3v) is 7.74. The van der Waals surface area contributed by atoms with Crippen molar-refractivity contribution in [2.24, 2.45) is 0 Å². The van der Waals surface area contributed by atoms with Gasteiger partial charge in [-0.1, -0.05) is 36.4 Å². The monoisotopic (exact) mass is 438 g/mol. The van der Waals surface area contributed by atoms with Crippen LogP contribution in [0.1, 0.15) is 58.3 Å². The van der Waals surface area contributed by atoms with E-state index in [1.165, 1.54) is 0 Å². The molecule has 0 saturated heterocycles. The molecule has 0 aliphatic rings. The lowest BCUT2D eigenvalue weighted by Gasteiger charge is -2.36. The minimum Gasteiger partial charge on any atom is -0.361 e. The highest BCUT2D eigenvalue weighted by molar-refractivity contribution is 7.54. The maximum Gasteiger partial charge on any atom is 0.343 e. The van der Waals surface area contributed by atoms with Gasteiger partial charge in [-0.15, -0.1) is 0 Å². The van der Waals surface area contributed by atoms with Gasteiger partial charge < -0.3 is 19.0 Å². The van der Waals surface area contributed by atoms with Crippen LogP contribution < -0.4 is 0 Å². The minimum absolute atomic E-state index is 0.599. The standard InChI is InChI=1S/C25H31N2O3P/c1-24(2,3)29-31(28,30-25(4,5)6)23(19-15-26-21-13-9-7-11-17(19)21)20-16-27-22-14-10-8-12-18(20)22/h7-16,23,26-27H,1-6H3. The number of fused-ring (bicyclic) bond motifs is 2. The van der Waals surface area contributed by atoms with Gasteiger partial charge in [0.25, 0.3) is 0 Å². The number of nitrogens with one attached hydrogen (secondary N) is 2. The fraction of sp³-hybridized carbons (Fsp3) is 0.360. The lowest BCUT2D eigenvalue weighted by atomic mass is 10.0. The smallest absolute Gasteiger partial charge is 0.343 e. The van der Waals surface area contributed by atoms with Crippen LogP contribution in [0.4, 0.5) is 0 Å². The normalized spacial score (nSPS) is 13.5. The van der Waals surface area contributed by atoms with E-state index in [9.17, 15) is 4.57 Å². The van der Waals surface area contributed by atoms with Crippen LogP contribution in [-0.2, 0) is 13.6 Å². The van der Waals surface area contributed by atoms with Crippen LogP contribution in [-0.4, -0.2) is 21.2 Å². The molecule has 164 valence electrons. The highest BCUT2D eigenvalue weighted by atomic mass is 31.2. The quantitative estimate of drug-likeness (QED) is 0.316. The van der Waals surface area contributed by atoms with E-state index in [0.29, 0.717) is 0 Å². The third kappa shape index (κ3) is 4.50. The van der Waals surface area contributed by atoms with Crippen LogP contribution in [0.5, 0.6) is 0 Å². The Bertz CT molecular complexity index is 1160. The van der Waals surface area contributed by atoms with E-state index in [2.05, 4.69) is 9.97 Å². The van der Waals surface area contributed by atoms with Crippen LogP contribution in [0.2, 0.25) is 0 Å². The maximum atomic E-state index is 14.8. The van der Waals surface area contributed by atoms with Gasteiger partial charge in [0, 0.05) is 34.2 Å². The Labute approximate surface area is 183 Å². The third-order valence-electron chi connectivity index (χ3n) is 4.95. The van der Waals surface area contributed by atoms with Crippen LogP contribution in [0.25, 0.3) is 21.8 Å². The van der Waals surface area contributed by atoms with Crippen molar-refractivity contribution < 1.29 is 13.6 Å². The summed E-state index contributed by atoms with van der Waals surface area (Å²) < 4.78 is 27.4. The van der Waals surface area contributed by atoms with Crippen molar-refractivity contribution in [3.63, 3.8) is 0 Å². The van der Waals surface area contributed by atoms with Crippen molar-refractivity contribution >= 4 is 29.4 Å². The lowest BCUT2D eigenvalue weighted by Crippen LogP contribution is -2.26. The highest BCUT2D eigenvalue weighted by Gasteiger charge is 2.46. The first-order valence-electron chi connectivity index (χ1n) is 10.6. The Morgan fingerprint density at radius 2 is 1.10 bits per heavy atom. The van der Waals surface area contributed by atoms with E-state index in [1.807, 2.05) is 102 Å². The second-order valence-corrected chi connectivity index (χ2v) is 11.9. The van der Waals surface area contributed by atoms with E-state index in [0.717, 1.165) is 32.9 Å². The number of H-pyrrole nitrogens is 2. The van der Waals surface area contributed by atoms with Crippen LogP contribution in [0.3, 0.4) is 0 Å². The first kappa shape index (κ1) is 21.9. The van der Waals surface area contributed by atoms with Crippen molar-refractivity contribution in [2.45, 2.75) is 58.4 Å². The van der Waals surface area contributed by atoms with Gasteiger partial charge in [-0.3, -0.25) is 4.57 Å². The molecule has 0 atom stereocenters. The van der Waals surface area contributed by atoms with Gasteiger partial charge in [-0.2, -0.15) is 0 Å². The first-order valence-corrected chi connectivity index (χ1v) is 12.2. The summed E-state index contributed by atoms with van der Waals surface area (Å²) in [5, 5.41) is 2.01. The molecule has 0 bridgehead atoms. The van der Waals surface area contributed by atoms with E-state index in [1.54, 1.807) is 0 Å². The zero-order valence-electron chi connectivity index (χ0n) is 19.0. The second kappa shape index (κ2) is 7.67. The molecule has 0 amide bonds. The molecule has 0 spiro atoms. The predicted octanol–water partition coefficient (Wildman–Crippen LogP) is 7.56. The molecule has 2 heterocycles. The largest absolute Gasteiger partial charge is 0.361 e. The number of benzene rings is 2. The SMILES string of the molecule is CC(C)(C)OP(=O)(OC(C)(C)C)C(c1c[nH]c2ccccc12)c1c[nH]c2ccccc12. The predicted molar refractivity (Wildman–Crippen MR) is 128 cm³/mol. The topological polar surface area (TPSA) is 67.1 Å². The van der Waals surface area contributed by atoms with E-state index in [4.69, 9.17) is 9.05 Å². The summed E-state index contributed by atoms with van der Waals surface area (Å²) in [7, 11) is -3.70. The van der Waals surface area contributed by atoms with Crippen LogP contribution in [0, 0.1) is 0 Å². The van der Waals surface area contributed by atoms with Crippen molar-refractivity contribution in [3.8, 4) is 0 Å². The number of hydrogen-bond donors (Lipinski definition) is 2. The van der Waals surface area contributed by atoms with Crippen molar-refractivity contribution in [1.82, 2.24) is 9.97 Å². The Balaban J connectivity index is 2.02. The molecule has 0 fully saturated rings. The van der Waals surface area contributed by atoms with Crippen LogP contribution in [0.15, 0.2) is 60.9 Å². The lowest BCUT2D eigenvalue weighted by molar-refractivity contribution is 0.0465. The molecule has 6 heteroatoms. The Kier molecular flexibility index (Phi) is 5.41. The maximum absolute atomic E-state index is 14.8. The van der Waals surface area contributed by atoms with Gasteiger partial charge in [0.1, 0.15) is 5.66 Å². The second-order valence-electron chi connectivity index (χ2n) is 9.93. The Hall–Kier alpha value is -2.33. The van der Waals surface area contributed by atoms with Gasteiger partial charge in [-0.25, -0.2) is 0 Å². The van der Waals surface area contributed by atoms with Gasteiger partial charge in [0.05, 0.1) is 11.2 Å². The summed E-state index contributed by atoms with van der Waals surface area (Å²) in [6.07, 6.45) is 3.86. The molecule has 2 aromatic carbocycles. The summed E-state index contributed by atoms with van der Waals surface area (Å²) in [4.78, 5) is 6.67. The van der Waals surface area contributed by atoms with Crippen molar-refractivity contribution in [1.29, 1.82) is 0 Å². The number of hydrogen-bond acceptors (Lipinski definition) is 3. The Morgan fingerprint density at radius 3 is 1.48 bits per heavy atom. The molecule has 2 N–H and O–H groups in total. The van der Waals surface area contributed by atoms with E-state index in [-0.39, 0.29) is 0 Å². The van der Waals surface area contributed by atoms with Crippen molar-refractivity contribution in [2.75, 3.05) is 0 Å². The summed E-state index contributed by atoms with van der Waals surface area (Å²) in [6, 6.07) is 16.1. The number of aromatic nitrogens is 2. The molecule has 2 aromatic heterocycles. The molecule has 5 nitrogen and oxygen atoms in total. The zero-order chi connectivity index (χ0) is 22.4. The van der Waals surface area contributed by atoms with Gasteiger partial charge in [0.15, 0.2) is 0 Å². The number of rotatable bonds is 5. The molecule has 31 heavy (non-hydrogen) atoms.